The van der Waals surface area contributed by atoms with Crippen molar-refractivity contribution in [2.45, 2.75) is 33.4 Å². The Labute approximate surface area is 190 Å². The molecular formula is C23H31N3O5S. The van der Waals surface area contributed by atoms with Gasteiger partial charge in [0.05, 0.1) is 19.1 Å². The highest BCUT2D eigenvalue weighted by Crippen LogP contribution is 2.25. The van der Waals surface area contributed by atoms with Gasteiger partial charge in [0.25, 0.3) is 0 Å². The standard InChI is InChI=1S/C23H31N3O5S/c1-16-8-7-9-21(17(16)2)26(32(6,29)30)15-22(27)25(18(3)23(28)24-4)14-19-10-12-20(31-5)13-11-19/h7-13,18H,14-15H2,1-6H3,(H,24,28)/t18-/m0/s1. The molecule has 0 saturated heterocycles. The third kappa shape index (κ3) is 6.00. The van der Waals surface area contributed by atoms with Crippen LogP contribution in [-0.2, 0) is 26.2 Å². The molecule has 0 aliphatic rings. The van der Waals surface area contributed by atoms with Crippen LogP contribution in [0.15, 0.2) is 42.5 Å². The number of nitrogens with one attached hydrogen (secondary N) is 1. The summed E-state index contributed by atoms with van der Waals surface area (Å²) in [5, 5.41) is 2.55. The van der Waals surface area contributed by atoms with Gasteiger partial charge in [0.15, 0.2) is 0 Å². The molecule has 8 nitrogen and oxygen atoms in total. The van der Waals surface area contributed by atoms with Crippen LogP contribution in [0.2, 0.25) is 0 Å². The van der Waals surface area contributed by atoms with E-state index in [-0.39, 0.29) is 12.5 Å². The highest BCUT2D eigenvalue weighted by atomic mass is 32.2. The molecule has 0 aliphatic heterocycles. The second-order valence-electron chi connectivity index (χ2n) is 7.65. The Morgan fingerprint density at radius 2 is 1.72 bits per heavy atom. The third-order valence-corrected chi connectivity index (χ3v) is 6.58. The van der Waals surface area contributed by atoms with Crippen LogP contribution < -0.4 is 14.4 Å². The molecule has 9 heteroatoms. The number of methoxy groups -OCH3 is 1. The quantitative estimate of drug-likeness (QED) is 0.618. The summed E-state index contributed by atoms with van der Waals surface area (Å²) in [6.07, 6.45) is 1.07. The molecule has 1 N–H and O–H groups in total. The number of benzene rings is 2. The molecule has 0 bridgehead atoms. The van der Waals surface area contributed by atoms with Crippen LogP contribution in [0.3, 0.4) is 0 Å². The lowest BCUT2D eigenvalue weighted by Gasteiger charge is -2.31. The Balaban J connectivity index is 2.41. The maximum Gasteiger partial charge on any atom is 0.244 e. The zero-order valence-corrected chi connectivity index (χ0v) is 20.2. The average molecular weight is 462 g/mol. The van der Waals surface area contributed by atoms with Crippen molar-refractivity contribution >= 4 is 27.5 Å². The second kappa shape index (κ2) is 10.5. The Bertz CT molecular complexity index is 1070. The fraction of sp³-hybridized carbons (Fsp3) is 0.391. The van der Waals surface area contributed by atoms with Crippen LogP contribution in [0.4, 0.5) is 5.69 Å². The molecule has 0 spiro atoms. The fourth-order valence-corrected chi connectivity index (χ4v) is 4.22. The lowest BCUT2D eigenvalue weighted by Crippen LogP contribution is -2.50. The number of anilines is 1. The van der Waals surface area contributed by atoms with E-state index in [0.29, 0.717) is 11.4 Å². The van der Waals surface area contributed by atoms with E-state index in [4.69, 9.17) is 4.74 Å². The van der Waals surface area contributed by atoms with Gasteiger partial charge in [0.1, 0.15) is 18.3 Å². The number of likely N-dealkylation sites (N-methyl/N-ethyl adjacent to an activating group) is 1. The summed E-state index contributed by atoms with van der Waals surface area (Å²) in [7, 11) is -0.696. The topological polar surface area (TPSA) is 96.0 Å². The first kappa shape index (κ1) is 25.2. The van der Waals surface area contributed by atoms with Gasteiger partial charge in [0.2, 0.25) is 21.8 Å². The molecule has 2 aromatic rings. The molecule has 32 heavy (non-hydrogen) atoms. The van der Waals surface area contributed by atoms with Gasteiger partial charge in [-0.15, -0.1) is 0 Å². The summed E-state index contributed by atoms with van der Waals surface area (Å²) in [6.45, 7) is 5.03. The summed E-state index contributed by atoms with van der Waals surface area (Å²) >= 11 is 0. The lowest BCUT2D eigenvalue weighted by molar-refractivity contribution is -0.139. The Kier molecular flexibility index (Phi) is 8.26. The molecule has 2 aromatic carbocycles. The minimum Gasteiger partial charge on any atom is -0.497 e. The number of nitrogens with zero attached hydrogens (tertiary/aromatic N) is 2. The fourth-order valence-electron chi connectivity index (χ4n) is 3.32. The van der Waals surface area contributed by atoms with Gasteiger partial charge in [0, 0.05) is 13.6 Å². The van der Waals surface area contributed by atoms with Gasteiger partial charge in [-0.05, 0) is 55.7 Å². The Morgan fingerprint density at radius 1 is 1.09 bits per heavy atom. The van der Waals surface area contributed by atoms with Crippen molar-refractivity contribution in [3.8, 4) is 5.75 Å². The first-order valence-corrected chi connectivity index (χ1v) is 12.0. The van der Waals surface area contributed by atoms with Crippen molar-refractivity contribution in [2.24, 2.45) is 0 Å². The molecule has 0 aliphatic carbocycles. The third-order valence-electron chi connectivity index (χ3n) is 5.45. The number of rotatable bonds is 9. The normalized spacial score (nSPS) is 12.1. The van der Waals surface area contributed by atoms with Crippen molar-refractivity contribution in [3.05, 3.63) is 59.2 Å². The summed E-state index contributed by atoms with van der Waals surface area (Å²) in [5.41, 5.74) is 2.91. The van der Waals surface area contributed by atoms with Crippen LogP contribution in [-0.4, -0.2) is 58.1 Å². The van der Waals surface area contributed by atoms with Gasteiger partial charge in [-0.2, -0.15) is 0 Å². The van der Waals surface area contributed by atoms with E-state index in [2.05, 4.69) is 5.32 Å². The van der Waals surface area contributed by atoms with Crippen molar-refractivity contribution in [1.29, 1.82) is 0 Å². The van der Waals surface area contributed by atoms with E-state index in [1.54, 1.807) is 50.4 Å². The predicted octanol–water partition coefficient (Wildman–Crippen LogP) is 2.24. The van der Waals surface area contributed by atoms with E-state index >= 15 is 0 Å². The van der Waals surface area contributed by atoms with Crippen LogP contribution in [0, 0.1) is 13.8 Å². The second-order valence-corrected chi connectivity index (χ2v) is 9.56. The molecule has 0 aromatic heterocycles. The van der Waals surface area contributed by atoms with E-state index in [0.717, 1.165) is 27.3 Å². The van der Waals surface area contributed by atoms with Crippen molar-refractivity contribution in [2.75, 3.05) is 31.3 Å². The number of sulfonamides is 1. The average Bonchev–Trinajstić information content (AvgIpc) is 2.76. The Hall–Kier alpha value is -3.07. The van der Waals surface area contributed by atoms with E-state index < -0.39 is 28.5 Å². The summed E-state index contributed by atoms with van der Waals surface area (Å²) in [5.74, 6) is -0.156. The summed E-state index contributed by atoms with van der Waals surface area (Å²) in [4.78, 5) is 27.1. The molecule has 0 unspecified atom stereocenters. The molecule has 174 valence electrons. The van der Waals surface area contributed by atoms with Gasteiger partial charge in [-0.3, -0.25) is 13.9 Å². The van der Waals surface area contributed by atoms with Crippen molar-refractivity contribution in [1.82, 2.24) is 10.2 Å². The predicted molar refractivity (Wildman–Crippen MR) is 125 cm³/mol. The summed E-state index contributed by atoms with van der Waals surface area (Å²) in [6, 6.07) is 11.6. The number of hydrogen-bond donors (Lipinski definition) is 1. The molecule has 0 heterocycles. The van der Waals surface area contributed by atoms with Crippen LogP contribution in [0.5, 0.6) is 5.75 Å². The van der Waals surface area contributed by atoms with Gasteiger partial charge in [-0.25, -0.2) is 8.42 Å². The largest absolute Gasteiger partial charge is 0.497 e. The minimum atomic E-state index is -3.75. The number of hydrogen-bond acceptors (Lipinski definition) is 5. The first-order chi connectivity index (χ1) is 15.0. The lowest BCUT2D eigenvalue weighted by atomic mass is 10.1. The number of carbonyl (C=O) groups excluding carboxylic acids is 2. The van der Waals surface area contributed by atoms with Crippen molar-refractivity contribution in [3.63, 3.8) is 0 Å². The summed E-state index contributed by atoms with van der Waals surface area (Å²) < 4.78 is 31.5. The number of amides is 2. The molecule has 1 atom stereocenters. The molecule has 0 fully saturated rings. The smallest absolute Gasteiger partial charge is 0.244 e. The molecule has 0 radical (unpaired) electrons. The van der Waals surface area contributed by atoms with E-state index in [9.17, 15) is 18.0 Å². The zero-order chi connectivity index (χ0) is 24.1. The van der Waals surface area contributed by atoms with Gasteiger partial charge in [-0.1, -0.05) is 24.3 Å². The molecular weight excluding hydrogens is 430 g/mol. The maximum absolute atomic E-state index is 13.4. The maximum atomic E-state index is 13.4. The van der Waals surface area contributed by atoms with Gasteiger partial charge >= 0.3 is 0 Å². The number of carbonyl (C=O) groups is 2. The molecule has 0 saturated carbocycles. The molecule has 2 amide bonds. The highest BCUT2D eigenvalue weighted by Gasteiger charge is 2.30. The highest BCUT2D eigenvalue weighted by molar-refractivity contribution is 7.92. The van der Waals surface area contributed by atoms with Crippen LogP contribution >= 0.6 is 0 Å². The SMILES string of the molecule is CNC(=O)[C@H](C)N(Cc1ccc(OC)cc1)C(=O)CN(c1cccc(C)c1C)S(C)(=O)=O. The zero-order valence-electron chi connectivity index (χ0n) is 19.4. The van der Waals surface area contributed by atoms with E-state index in [1.807, 2.05) is 19.9 Å². The first-order valence-electron chi connectivity index (χ1n) is 10.2. The van der Waals surface area contributed by atoms with Crippen molar-refractivity contribution < 1.29 is 22.7 Å². The Morgan fingerprint density at radius 3 is 2.25 bits per heavy atom. The number of ether oxygens (including phenoxy) is 1. The van der Waals surface area contributed by atoms with E-state index in [1.165, 1.54) is 11.9 Å². The number of aryl methyl sites for hydroxylation is 1. The van der Waals surface area contributed by atoms with Gasteiger partial charge < -0.3 is 15.0 Å². The van der Waals surface area contributed by atoms with Crippen LogP contribution in [0.1, 0.15) is 23.6 Å². The monoisotopic (exact) mass is 461 g/mol. The minimum absolute atomic E-state index is 0.141. The molecule has 2 rings (SSSR count). The van der Waals surface area contributed by atoms with Crippen LogP contribution in [0.25, 0.3) is 0 Å².